The van der Waals surface area contributed by atoms with E-state index in [4.69, 9.17) is 0 Å². The van der Waals surface area contributed by atoms with E-state index in [2.05, 4.69) is 10.3 Å². The first-order valence-corrected chi connectivity index (χ1v) is 11.6. The van der Waals surface area contributed by atoms with E-state index < -0.39 is 5.54 Å². The lowest BCUT2D eigenvalue weighted by Gasteiger charge is -2.44. The van der Waals surface area contributed by atoms with Crippen LogP contribution in [0.15, 0.2) is 71.9 Å². The molecular formula is C28H30N4O3. The van der Waals surface area contributed by atoms with E-state index in [-0.39, 0.29) is 30.7 Å². The molecule has 35 heavy (non-hydrogen) atoms. The maximum Gasteiger partial charge on any atom is 0.254 e. The number of hydrogen-bond donors (Lipinski definition) is 1. The van der Waals surface area contributed by atoms with Crippen molar-refractivity contribution in [2.24, 2.45) is 4.99 Å². The van der Waals surface area contributed by atoms with Gasteiger partial charge in [-0.15, -0.1) is 0 Å². The largest absolute Gasteiger partial charge is 0.350 e. The number of benzene rings is 2. The number of anilines is 1. The van der Waals surface area contributed by atoms with Crippen molar-refractivity contribution in [2.45, 2.75) is 46.2 Å². The van der Waals surface area contributed by atoms with Gasteiger partial charge in [0.15, 0.2) is 0 Å². The molecule has 7 heteroatoms. The summed E-state index contributed by atoms with van der Waals surface area (Å²) < 4.78 is 0. The lowest BCUT2D eigenvalue weighted by molar-refractivity contribution is -0.133. The van der Waals surface area contributed by atoms with Gasteiger partial charge in [0.1, 0.15) is 17.9 Å². The van der Waals surface area contributed by atoms with Crippen molar-refractivity contribution in [3.05, 3.63) is 89.1 Å². The lowest BCUT2D eigenvalue weighted by atomic mass is 9.90. The molecule has 0 saturated heterocycles. The molecule has 180 valence electrons. The molecule has 4 rings (SSSR count). The molecule has 1 N–H and O–H groups in total. The number of fused-ring (bicyclic) bond motifs is 1. The van der Waals surface area contributed by atoms with E-state index in [0.29, 0.717) is 18.1 Å². The Hall–Kier alpha value is -4.00. The maximum atomic E-state index is 14.2. The molecule has 0 aliphatic carbocycles. The van der Waals surface area contributed by atoms with Crippen molar-refractivity contribution in [3.63, 3.8) is 0 Å². The SMILES string of the molecule is Cc1ccc(CNC(=O)CN(C(=O)C2(C)CC(=O)N=C3C=CC=CN32)c2cc(C)ccc2C)cc1. The highest BCUT2D eigenvalue weighted by Gasteiger charge is 2.48. The van der Waals surface area contributed by atoms with Gasteiger partial charge in [0, 0.05) is 18.4 Å². The van der Waals surface area contributed by atoms with Gasteiger partial charge >= 0.3 is 0 Å². The molecule has 0 fully saturated rings. The minimum absolute atomic E-state index is 0.0835. The topological polar surface area (TPSA) is 82.1 Å². The molecule has 2 aromatic carbocycles. The maximum absolute atomic E-state index is 14.2. The van der Waals surface area contributed by atoms with E-state index in [9.17, 15) is 14.4 Å². The van der Waals surface area contributed by atoms with E-state index in [1.54, 1.807) is 36.3 Å². The van der Waals surface area contributed by atoms with Gasteiger partial charge in [-0.05, 0) is 62.6 Å². The number of aliphatic imine (C=N–C) groups is 1. The normalized spacial score (nSPS) is 18.7. The zero-order valence-corrected chi connectivity index (χ0v) is 20.5. The number of amidine groups is 1. The third-order valence-corrected chi connectivity index (χ3v) is 6.38. The average molecular weight is 471 g/mol. The number of amides is 3. The van der Waals surface area contributed by atoms with Gasteiger partial charge in [-0.3, -0.25) is 14.4 Å². The first-order valence-electron chi connectivity index (χ1n) is 11.6. The van der Waals surface area contributed by atoms with Crippen molar-refractivity contribution in [3.8, 4) is 0 Å². The van der Waals surface area contributed by atoms with Gasteiger partial charge in [0.05, 0.1) is 6.42 Å². The fraction of sp³-hybridized carbons (Fsp3) is 0.286. The number of aryl methyl sites for hydroxylation is 3. The predicted octanol–water partition coefficient (Wildman–Crippen LogP) is 3.73. The van der Waals surface area contributed by atoms with Gasteiger partial charge in [-0.25, -0.2) is 0 Å². The summed E-state index contributed by atoms with van der Waals surface area (Å²) in [6.45, 7) is 7.78. The Bertz CT molecular complexity index is 1260. The Morgan fingerprint density at radius 2 is 1.77 bits per heavy atom. The number of carbonyl (C=O) groups is 3. The number of carbonyl (C=O) groups excluding carboxylic acids is 3. The highest BCUT2D eigenvalue weighted by atomic mass is 16.2. The Labute approximate surface area is 205 Å². The van der Waals surface area contributed by atoms with Crippen LogP contribution in [0.1, 0.15) is 35.6 Å². The van der Waals surface area contributed by atoms with Crippen molar-refractivity contribution in [2.75, 3.05) is 11.4 Å². The quantitative estimate of drug-likeness (QED) is 0.698. The first kappa shape index (κ1) is 24.1. The summed E-state index contributed by atoms with van der Waals surface area (Å²) in [6, 6.07) is 13.7. The Balaban J connectivity index is 1.64. The van der Waals surface area contributed by atoms with Crippen LogP contribution in [0.25, 0.3) is 0 Å². The Morgan fingerprint density at radius 1 is 1.06 bits per heavy atom. The minimum Gasteiger partial charge on any atom is -0.350 e. The zero-order valence-electron chi connectivity index (χ0n) is 20.5. The van der Waals surface area contributed by atoms with Crippen molar-refractivity contribution in [1.29, 1.82) is 0 Å². The summed E-state index contributed by atoms with van der Waals surface area (Å²) in [6.07, 6.45) is 6.96. The third-order valence-electron chi connectivity index (χ3n) is 6.38. The van der Waals surface area contributed by atoms with Crippen LogP contribution in [-0.2, 0) is 20.9 Å². The van der Waals surface area contributed by atoms with Crippen LogP contribution in [0, 0.1) is 20.8 Å². The second kappa shape index (κ2) is 9.70. The minimum atomic E-state index is -1.22. The van der Waals surface area contributed by atoms with Crippen molar-refractivity contribution in [1.82, 2.24) is 10.2 Å². The summed E-state index contributed by atoms with van der Waals surface area (Å²) in [5.74, 6) is -0.563. The van der Waals surface area contributed by atoms with E-state index in [1.165, 1.54) is 4.90 Å². The van der Waals surface area contributed by atoms with Crippen molar-refractivity contribution >= 4 is 29.2 Å². The molecule has 0 bridgehead atoms. The molecule has 0 aromatic heterocycles. The van der Waals surface area contributed by atoms with Gasteiger partial charge < -0.3 is 15.1 Å². The van der Waals surface area contributed by atoms with Crippen LogP contribution >= 0.6 is 0 Å². The summed E-state index contributed by atoms with van der Waals surface area (Å²) in [4.78, 5) is 47.0. The summed E-state index contributed by atoms with van der Waals surface area (Å²) in [5.41, 5.74) is 3.38. The van der Waals surface area contributed by atoms with Gasteiger partial charge in [-0.1, -0.05) is 48.0 Å². The molecule has 3 amide bonds. The zero-order chi connectivity index (χ0) is 25.2. The highest BCUT2D eigenvalue weighted by molar-refractivity contribution is 6.13. The van der Waals surface area contributed by atoms with Crippen LogP contribution in [0.2, 0.25) is 0 Å². The molecule has 2 aromatic rings. The molecule has 2 aliphatic heterocycles. The molecular weight excluding hydrogens is 440 g/mol. The smallest absolute Gasteiger partial charge is 0.254 e. The Morgan fingerprint density at radius 3 is 2.51 bits per heavy atom. The second-order valence-electron chi connectivity index (χ2n) is 9.33. The molecule has 0 spiro atoms. The van der Waals surface area contributed by atoms with Crippen LogP contribution in [0.3, 0.4) is 0 Å². The molecule has 2 heterocycles. The number of allylic oxidation sites excluding steroid dienone is 2. The third kappa shape index (κ3) is 5.09. The summed E-state index contributed by atoms with van der Waals surface area (Å²) in [5, 5.41) is 2.93. The van der Waals surface area contributed by atoms with Crippen LogP contribution < -0.4 is 10.2 Å². The van der Waals surface area contributed by atoms with Crippen molar-refractivity contribution < 1.29 is 14.4 Å². The Kier molecular flexibility index (Phi) is 6.69. The highest BCUT2D eigenvalue weighted by Crippen LogP contribution is 2.33. The average Bonchev–Trinajstić information content (AvgIpc) is 2.83. The van der Waals surface area contributed by atoms with Crippen LogP contribution in [-0.4, -0.2) is 40.5 Å². The fourth-order valence-electron chi connectivity index (χ4n) is 4.34. The standard InChI is InChI=1S/C28H30N4O3/c1-19-9-12-22(13-10-19)17-29-26(34)18-31(23-15-20(2)8-11-21(23)3)27(35)28(4)16-25(33)30-24-7-5-6-14-32(24)28/h5-15H,16-18H2,1-4H3,(H,29,34). The van der Waals surface area contributed by atoms with Gasteiger partial charge in [-0.2, -0.15) is 4.99 Å². The fourth-order valence-corrected chi connectivity index (χ4v) is 4.34. The molecule has 1 unspecified atom stereocenters. The second-order valence-corrected chi connectivity index (χ2v) is 9.33. The first-order chi connectivity index (χ1) is 16.7. The molecule has 0 saturated carbocycles. The number of hydrogen-bond acceptors (Lipinski definition) is 4. The summed E-state index contributed by atoms with van der Waals surface area (Å²) >= 11 is 0. The van der Waals surface area contributed by atoms with E-state index >= 15 is 0 Å². The number of nitrogens with one attached hydrogen (secondary N) is 1. The monoisotopic (exact) mass is 470 g/mol. The van der Waals surface area contributed by atoms with Gasteiger partial charge in [0.25, 0.3) is 11.8 Å². The lowest BCUT2D eigenvalue weighted by Crippen LogP contribution is -2.62. The number of nitrogens with zero attached hydrogens (tertiary/aromatic N) is 3. The van der Waals surface area contributed by atoms with Gasteiger partial charge in [0.2, 0.25) is 5.91 Å². The predicted molar refractivity (Wildman–Crippen MR) is 137 cm³/mol. The van der Waals surface area contributed by atoms with E-state index in [1.807, 2.05) is 63.2 Å². The van der Waals surface area contributed by atoms with Crippen LogP contribution in [0.5, 0.6) is 0 Å². The number of rotatable bonds is 6. The molecule has 2 aliphatic rings. The molecule has 0 radical (unpaired) electrons. The molecule has 7 nitrogen and oxygen atoms in total. The summed E-state index contributed by atoms with van der Waals surface area (Å²) in [7, 11) is 0. The van der Waals surface area contributed by atoms with Crippen LogP contribution in [0.4, 0.5) is 5.69 Å². The molecule has 1 atom stereocenters. The van der Waals surface area contributed by atoms with E-state index in [0.717, 1.165) is 22.3 Å².